The topological polar surface area (TPSA) is 21.8 Å². The lowest BCUT2D eigenvalue weighted by Gasteiger charge is -2.44. The molecule has 2 aliphatic rings. The van der Waals surface area contributed by atoms with Crippen molar-refractivity contribution in [1.82, 2.24) is 0 Å². The molecule has 0 N–H and O–H groups in total. The van der Waals surface area contributed by atoms with Gasteiger partial charge in [-0.2, -0.15) is 0 Å². The summed E-state index contributed by atoms with van der Waals surface area (Å²) in [5.74, 6) is 0. The van der Waals surface area contributed by atoms with Crippen molar-refractivity contribution in [3.05, 3.63) is 60.7 Å². The molecule has 4 rings (SSSR count). The monoisotopic (exact) mass is 338 g/mol. The van der Waals surface area contributed by atoms with Gasteiger partial charge in [-0.3, -0.25) is 0 Å². The van der Waals surface area contributed by atoms with Gasteiger partial charge in [0.05, 0.1) is 18.3 Å². The molecule has 1 saturated carbocycles. The van der Waals surface area contributed by atoms with Gasteiger partial charge in [0.2, 0.25) is 0 Å². The highest BCUT2D eigenvalue weighted by molar-refractivity contribution is 6.99. The summed E-state index contributed by atoms with van der Waals surface area (Å²) in [6.45, 7) is 7.02. The molecule has 2 fully saturated rings. The first kappa shape index (κ1) is 16.1. The summed E-state index contributed by atoms with van der Waals surface area (Å²) >= 11 is 0. The van der Waals surface area contributed by atoms with Crippen LogP contribution in [-0.2, 0) is 9.16 Å². The van der Waals surface area contributed by atoms with E-state index in [0.29, 0.717) is 18.3 Å². The Morgan fingerprint density at radius 2 is 1.29 bits per heavy atom. The fourth-order valence-corrected chi connectivity index (χ4v) is 8.95. The van der Waals surface area contributed by atoms with Gasteiger partial charge in [0.1, 0.15) is 0 Å². The normalized spacial score (nSPS) is 26.2. The van der Waals surface area contributed by atoms with E-state index >= 15 is 0 Å². The minimum absolute atomic E-state index is 0.0589. The Kier molecular flexibility index (Phi) is 3.90. The predicted molar refractivity (Wildman–Crippen MR) is 100 cm³/mol. The molecule has 3 heteroatoms. The second-order valence-corrected chi connectivity index (χ2v) is 12.3. The molecule has 1 heterocycles. The zero-order valence-corrected chi connectivity index (χ0v) is 15.7. The second kappa shape index (κ2) is 5.83. The molecule has 0 radical (unpaired) electrons. The molecule has 1 aliphatic heterocycles. The first-order chi connectivity index (χ1) is 11.5. The van der Waals surface area contributed by atoms with Crippen LogP contribution in [0, 0.1) is 0 Å². The van der Waals surface area contributed by atoms with Gasteiger partial charge in [0, 0.05) is 12.8 Å². The maximum Gasteiger partial charge on any atom is 0.261 e. The van der Waals surface area contributed by atoms with E-state index in [-0.39, 0.29) is 5.04 Å². The Balaban J connectivity index is 1.82. The minimum atomic E-state index is -2.38. The highest BCUT2D eigenvalue weighted by Gasteiger charge is 2.55. The number of epoxide rings is 1. The number of benzene rings is 2. The summed E-state index contributed by atoms with van der Waals surface area (Å²) in [5.41, 5.74) is 0. The van der Waals surface area contributed by atoms with Crippen molar-refractivity contribution in [3.8, 4) is 0 Å². The first-order valence-electron chi connectivity index (χ1n) is 8.95. The quantitative estimate of drug-likeness (QED) is 0.629. The van der Waals surface area contributed by atoms with E-state index in [2.05, 4.69) is 81.4 Å². The van der Waals surface area contributed by atoms with E-state index in [9.17, 15) is 0 Å². The van der Waals surface area contributed by atoms with Crippen LogP contribution < -0.4 is 10.4 Å². The fourth-order valence-electron chi connectivity index (χ4n) is 4.25. The van der Waals surface area contributed by atoms with Crippen molar-refractivity contribution < 1.29 is 9.16 Å². The maximum atomic E-state index is 7.10. The molecule has 24 heavy (non-hydrogen) atoms. The number of ether oxygens (including phenoxy) is 1. The molecule has 0 spiro atoms. The van der Waals surface area contributed by atoms with Gasteiger partial charge in [0.15, 0.2) is 0 Å². The van der Waals surface area contributed by atoms with Gasteiger partial charge in [-0.25, -0.2) is 0 Å². The summed E-state index contributed by atoms with van der Waals surface area (Å²) in [6.07, 6.45) is 3.33. The summed E-state index contributed by atoms with van der Waals surface area (Å²) in [5, 5.41) is 2.79. The minimum Gasteiger partial charge on any atom is -0.404 e. The van der Waals surface area contributed by atoms with E-state index in [1.54, 1.807) is 0 Å². The third-order valence-corrected chi connectivity index (χ3v) is 10.5. The van der Waals surface area contributed by atoms with Gasteiger partial charge in [-0.1, -0.05) is 81.4 Å². The van der Waals surface area contributed by atoms with Crippen LogP contribution in [0.5, 0.6) is 0 Å². The van der Waals surface area contributed by atoms with Gasteiger partial charge in [-0.05, 0) is 15.4 Å². The van der Waals surface area contributed by atoms with Gasteiger partial charge >= 0.3 is 0 Å². The second-order valence-electron chi connectivity index (χ2n) is 8.09. The summed E-state index contributed by atoms with van der Waals surface area (Å²) < 4.78 is 12.7. The molecule has 0 aromatic heterocycles. The van der Waals surface area contributed by atoms with Crippen LogP contribution in [-0.4, -0.2) is 26.6 Å². The van der Waals surface area contributed by atoms with Crippen LogP contribution in [0.3, 0.4) is 0 Å². The fraction of sp³-hybridized carbons (Fsp3) is 0.429. The van der Waals surface area contributed by atoms with Crippen LogP contribution >= 0.6 is 0 Å². The molecule has 0 bridgehead atoms. The number of rotatable bonds is 4. The van der Waals surface area contributed by atoms with E-state index in [0.717, 1.165) is 12.8 Å². The smallest absolute Gasteiger partial charge is 0.261 e. The summed E-state index contributed by atoms with van der Waals surface area (Å²) in [6, 6.07) is 21.8. The molecular formula is C21H26O2Si. The Bertz CT molecular complexity index is 643. The average Bonchev–Trinajstić information content (AvgIpc) is 3.19. The zero-order valence-electron chi connectivity index (χ0n) is 14.7. The highest BCUT2D eigenvalue weighted by atomic mass is 28.4. The number of hydrogen-bond acceptors (Lipinski definition) is 2. The maximum absolute atomic E-state index is 7.10. The molecule has 2 aromatic carbocycles. The molecule has 3 atom stereocenters. The van der Waals surface area contributed by atoms with E-state index in [1.165, 1.54) is 10.4 Å². The Labute approximate surface area is 145 Å². The third kappa shape index (κ3) is 2.65. The van der Waals surface area contributed by atoms with Crippen molar-refractivity contribution in [2.24, 2.45) is 0 Å². The molecule has 1 saturated heterocycles. The van der Waals surface area contributed by atoms with Gasteiger partial charge < -0.3 is 9.16 Å². The molecule has 2 nitrogen and oxygen atoms in total. The molecule has 0 amide bonds. The number of fused-ring (bicyclic) bond motifs is 1. The van der Waals surface area contributed by atoms with Crippen LogP contribution in [0.25, 0.3) is 0 Å². The van der Waals surface area contributed by atoms with Crippen molar-refractivity contribution in [3.63, 3.8) is 0 Å². The summed E-state index contributed by atoms with van der Waals surface area (Å²) in [4.78, 5) is 0. The molecule has 0 unspecified atom stereocenters. The predicted octanol–water partition coefficient (Wildman–Crippen LogP) is 3.49. The van der Waals surface area contributed by atoms with E-state index in [1.807, 2.05) is 0 Å². The molecule has 126 valence electrons. The van der Waals surface area contributed by atoms with Crippen molar-refractivity contribution >= 4 is 18.7 Å². The van der Waals surface area contributed by atoms with Crippen molar-refractivity contribution in [1.29, 1.82) is 0 Å². The van der Waals surface area contributed by atoms with Crippen LogP contribution in [0.2, 0.25) is 5.04 Å². The van der Waals surface area contributed by atoms with Crippen molar-refractivity contribution in [2.45, 2.75) is 57.0 Å². The molecule has 1 aliphatic carbocycles. The summed E-state index contributed by atoms with van der Waals surface area (Å²) in [7, 11) is -2.38. The van der Waals surface area contributed by atoms with Crippen LogP contribution in [0.1, 0.15) is 33.6 Å². The SMILES string of the molecule is CC(C)(C)[Si](O[C@@H]1C[C@@H]2O[C@@H]2C1)(c1ccccc1)c1ccccc1. The molecule has 2 aromatic rings. The lowest BCUT2D eigenvalue weighted by molar-refractivity contribution is 0.140. The average molecular weight is 339 g/mol. The van der Waals surface area contributed by atoms with Crippen LogP contribution in [0.15, 0.2) is 60.7 Å². The third-order valence-electron chi connectivity index (χ3n) is 5.44. The first-order valence-corrected chi connectivity index (χ1v) is 10.9. The van der Waals surface area contributed by atoms with Gasteiger partial charge in [-0.15, -0.1) is 0 Å². The van der Waals surface area contributed by atoms with Gasteiger partial charge in [0.25, 0.3) is 8.32 Å². The van der Waals surface area contributed by atoms with Crippen LogP contribution in [0.4, 0.5) is 0 Å². The molecular weight excluding hydrogens is 312 g/mol. The van der Waals surface area contributed by atoms with E-state index < -0.39 is 8.32 Å². The van der Waals surface area contributed by atoms with E-state index in [4.69, 9.17) is 9.16 Å². The highest BCUT2D eigenvalue weighted by Crippen LogP contribution is 2.44. The Hall–Kier alpha value is -1.42. The Morgan fingerprint density at radius 1 is 0.833 bits per heavy atom. The lowest BCUT2D eigenvalue weighted by Crippen LogP contribution is -2.67. The van der Waals surface area contributed by atoms with Crippen molar-refractivity contribution in [2.75, 3.05) is 0 Å². The zero-order chi connectivity index (χ0) is 16.8. The lowest BCUT2D eigenvalue weighted by atomic mass is 10.2. The standard InChI is InChI=1S/C21H26O2Si/c1-21(2,3)24(17-10-6-4-7-11-17,18-12-8-5-9-13-18)23-16-14-19-20(15-16)22-19/h4-13,16,19-20H,14-15H2,1-3H3/t16-,19+,20-. The largest absolute Gasteiger partial charge is 0.404 e. The number of hydrogen-bond donors (Lipinski definition) is 0. The Morgan fingerprint density at radius 3 is 1.71 bits per heavy atom.